The molecule has 1 aromatic rings. The van der Waals surface area contributed by atoms with Crippen molar-refractivity contribution < 1.29 is 9.59 Å². The number of benzene rings is 1. The Balaban J connectivity index is 1.12. The van der Waals surface area contributed by atoms with Crippen molar-refractivity contribution in [1.29, 1.82) is 0 Å². The van der Waals surface area contributed by atoms with Gasteiger partial charge < -0.3 is 0 Å². The summed E-state index contributed by atoms with van der Waals surface area (Å²) >= 11 is 0. The highest BCUT2D eigenvalue weighted by Crippen LogP contribution is 2.40. The number of piperidine rings is 1. The van der Waals surface area contributed by atoms with Gasteiger partial charge in [0.15, 0.2) is 0 Å². The van der Waals surface area contributed by atoms with E-state index in [-0.39, 0.29) is 5.92 Å². The van der Waals surface area contributed by atoms with Crippen LogP contribution in [0.25, 0.3) is 0 Å². The molecule has 3 aliphatic rings. The van der Waals surface area contributed by atoms with Crippen LogP contribution in [0.1, 0.15) is 103 Å². The molecule has 2 aliphatic heterocycles. The summed E-state index contributed by atoms with van der Waals surface area (Å²) in [5.41, 5.74) is 3.08. The van der Waals surface area contributed by atoms with Crippen LogP contribution in [0.15, 0.2) is 24.3 Å². The lowest BCUT2D eigenvalue weighted by molar-refractivity contribution is -0.123. The lowest BCUT2D eigenvalue weighted by Gasteiger charge is -2.38. The van der Waals surface area contributed by atoms with Crippen molar-refractivity contribution >= 4 is 11.6 Å². The topological polar surface area (TPSA) is 37.4 Å². The number of nitrogens with zero attached hydrogens (tertiary/aromatic N) is 1. The number of Topliss-reactive ketones (excluding diaryl/α,β-unsaturated/α-hetero) is 2. The third-order valence-electron chi connectivity index (χ3n) is 8.52. The van der Waals surface area contributed by atoms with Crippen LogP contribution in [0, 0.1) is 17.3 Å². The number of unbranched alkanes of at least 4 members (excludes halogenated alkanes) is 1. The third kappa shape index (κ3) is 6.78. The largest absolute Gasteiger partial charge is 0.299 e. The average Bonchev–Trinajstić information content (AvgIpc) is 3.28. The van der Waals surface area contributed by atoms with Crippen LogP contribution in [-0.2, 0) is 22.4 Å². The van der Waals surface area contributed by atoms with Crippen LogP contribution in [0.2, 0.25) is 0 Å². The summed E-state index contributed by atoms with van der Waals surface area (Å²) in [7, 11) is 0. The van der Waals surface area contributed by atoms with Gasteiger partial charge in [-0.15, -0.1) is 0 Å². The maximum absolute atomic E-state index is 12.7. The Hall–Kier alpha value is -1.48. The molecule has 0 aromatic heterocycles. The third-order valence-corrected chi connectivity index (χ3v) is 8.52. The molecule has 2 bridgehead atoms. The van der Waals surface area contributed by atoms with Crippen LogP contribution in [0.3, 0.4) is 0 Å². The monoisotopic (exact) mass is 451 g/mol. The minimum atomic E-state index is 0.224. The van der Waals surface area contributed by atoms with Gasteiger partial charge in [-0.25, -0.2) is 0 Å². The summed E-state index contributed by atoms with van der Waals surface area (Å²) in [6.07, 6.45) is 14.1. The second kappa shape index (κ2) is 10.8. The van der Waals surface area contributed by atoms with Gasteiger partial charge in [0.05, 0.1) is 6.54 Å². The van der Waals surface area contributed by atoms with Crippen LogP contribution in [-0.4, -0.2) is 35.1 Å². The van der Waals surface area contributed by atoms with Gasteiger partial charge in [-0.2, -0.15) is 0 Å². The molecule has 2 heterocycles. The number of fused-ring (bicyclic) bond motifs is 3. The standard InChI is InChI=1S/C30H45NO2/c1-30(2,3)16-8-12-28(32)21-31-26-14-15-27(31)18-22(17-26)9-4-7-13-29(33)25-19-23-10-5-6-11-24(23)20-25/h5-6,10-11,22,25-27H,4,7-9,12-21H2,1-3H3/t22?,26-,27+. The molecule has 182 valence electrons. The van der Waals surface area contributed by atoms with Crippen LogP contribution < -0.4 is 0 Å². The second-order valence-electron chi connectivity index (χ2n) is 12.4. The Bertz CT molecular complexity index is 784. The number of ketones is 2. The van der Waals surface area contributed by atoms with Gasteiger partial charge in [0, 0.05) is 30.8 Å². The van der Waals surface area contributed by atoms with Crippen molar-refractivity contribution in [2.45, 2.75) is 116 Å². The van der Waals surface area contributed by atoms with Gasteiger partial charge in [-0.3, -0.25) is 14.5 Å². The molecular formula is C30H45NO2. The van der Waals surface area contributed by atoms with Crippen LogP contribution >= 0.6 is 0 Å². The Kier molecular flexibility index (Phi) is 8.10. The molecule has 3 nitrogen and oxygen atoms in total. The molecule has 2 saturated heterocycles. The summed E-state index contributed by atoms with van der Waals surface area (Å²) < 4.78 is 0. The SMILES string of the molecule is CC(C)(C)CCCC(=O)CN1[C@@H]2CC[C@H]1CC(CCCCC(=O)C1Cc3ccccc3C1)C2. The van der Waals surface area contributed by atoms with Crippen molar-refractivity contribution in [3.63, 3.8) is 0 Å². The molecule has 0 saturated carbocycles. The van der Waals surface area contributed by atoms with Gasteiger partial charge in [0.25, 0.3) is 0 Å². The van der Waals surface area contributed by atoms with Crippen molar-refractivity contribution in [3.8, 4) is 0 Å². The van der Waals surface area contributed by atoms with E-state index in [9.17, 15) is 9.59 Å². The van der Waals surface area contributed by atoms with Crippen LogP contribution in [0.5, 0.6) is 0 Å². The van der Waals surface area contributed by atoms with Gasteiger partial charge in [-0.1, -0.05) is 57.9 Å². The lowest BCUT2D eigenvalue weighted by Crippen LogP contribution is -2.45. The fourth-order valence-corrected chi connectivity index (χ4v) is 6.70. The molecular weight excluding hydrogens is 406 g/mol. The minimum Gasteiger partial charge on any atom is -0.299 e. The summed E-state index contributed by atoms with van der Waals surface area (Å²) in [5.74, 6) is 1.94. The maximum atomic E-state index is 12.7. The maximum Gasteiger partial charge on any atom is 0.146 e. The number of carbonyl (C=O) groups is 2. The normalized spacial score (nSPS) is 25.4. The molecule has 4 rings (SSSR count). The van der Waals surface area contributed by atoms with Gasteiger partial charge in [-0.05, 0) is 80.2 Å². The zero-order valence-electron chi connectivity index (χ0n) is 21.3. The minimum absolute atomic E-state index is 0.224. The summed E-state index contributed by atoms with van der Waals surface area (Å²) in [4.78, 5) is 27.8. The van der Waals surface area contributed by atoms with Crippen LogP contribution in [0.4, 0.5) is 0 Å². The van der Waals surface area contributed by atoms with Gasteiger partial charge in [0.1, 0.15) is 11.6 Å². The first kappa shape index (κ1) is 24.6. The summed E-state index contributed by atoms with van der Waals surface area (Å²) in [6.45, 7) is 7.45. The average molecular weight is 452 g/mol. The van der Waals surface area contributed by atoms with E-state index in [4.69, 9.17) is 0 Å². The predicted molar refractivity (Wildman–Crippen MR) is 135 cm³/mol. The molecule has 1 aliphatic carbocycles. The van der Waals surface area contributed by atoms with E-state index < -0.39 is 0 Å². The smallest absolute Gasteiger partial charge is 0.146 e. The predicted octanol–water partition coefficient (Wildman–Crippen LogP) is 6.56. The second-order valence-corrected chi connectivity index (χ2v) is 12.4. The molecule has 1 unspecified atom stereocenters. The number of hydrogen-bond acceptors (Lipinski definition) is 3. The number of rotatable bonds is 11. The van der Waals surface area contributed by atoms with E-state index in [0.717, 1.165) is 50.9 Å². The van der Waals surface area contributed by atoms with E-state index in [1.54, 1.807) is 0 Å². The highest BCUT2D eigenvalue weighted by atomic mass is 16.1. The summed E-state index contributed by atoms with van der Waals surface area (Å²) in [6, 6.07) is 9.80. The van der Waals surface area contributed by atoms with E-state index in [1.807, 2.05) is 0 Å². The molecule has 3 atom stereocenters. The first-order chi connectivity index (χ1) is 15.8. The first-order valence-corrected chi connectivity index (χ1v) is 13.7. The van der Waals surface area contributed by atoms with E-state index in [0.29, 0.717) is 35.6 Å². The molecule has 0 spiro atoms. The van der Waals surface area contributed by atoms with Gasteiger partial charge in [0.2, 0.25) is 0 Å². The lowest BCUT2D eigenvalue weighted by atomic mass is 9.85. The Morgan fingerprint density at radius 3 is 2.15 bits per heavy atom. The highest BCUT2D eigenvalue weighted by Gasteiger charge is 2.40. The Morgan fingerprint density at radius 1 is 0.909 bits per heavy atom. The highest BCUT2D eigenvalue weighted by molar-refractivity contribution is 5.82. The quantitative estimate of drug-likeness (QED) is 0.358. The van der Waals surface area contributed by atoms with E-state index in [1.165, 1.54) is 49.7 Å². The number of hydrogen-bond donors (Lipinski definition) is 0. The first-order valence-electron chi connectivity index (χ1n) is 13.7. The van der Waals surface area contributed by atoms with Gasteiger partial charge >= 0.3 is 0 Å². The van der Waals surface area contributed by atoms with Crippen molar-refractivity contribution in [3.05, 3.63) is 35.4 Å². The molecule has 33 heavy (non-hydrogen) atoms. The molecule has 2 fully saturated rings. The zero-order valence-corrected chi connectivity index (χ0v) is 21.3. The van der Waals surface area contributed by atoms with E-state index >= 15 is 0 Å². The Morgan fingerprint density at radius 2 is 1.55 bits per heavy atom. The Labute approximate surface area is 201 Å². The fourth-order valence-electron chi connectivity index (χ4n) is 6.70. The molecule has 1 aromatic carbocycles. The molecule has 0 radical (unpaired) electrons. The molecule has 0 N–H and O–H groups in total. The fraction of sp³-hybridized carbons (Fsp3) is 0.733. The van der Waals surface area contributed by atoms with Crippen molar-refractivity contribution in [2.24, 2.45) is 17.3 Å². The number of carbonyl (C=O) groups excluding carboxylic acids is 2. The zero-order chi connectivity index (χ0) is 23.4. The van der Waals surface area contributed by atoms with E-state index in [2.05, 4.69) is 49.9 Å². The van der Waals surface area contributed by atoms with Crippen molar-refractivity contribution in [2.75, 3.05) is 6.54 Å². The molecule has 3 heteroatoms. The van der Waals surface area contributed by atoms with Crippen molar-refractivity contribution in [1.82, 2.24) is 4.90 Å². The summed E-state index contributed by atoms with van der Waals surface area (Å²) in [5, 5.41) is 0. The molecule has 0 amide bonds.